The zero-order valence-electron chi connectivity index (χ0n) is 9.30. The minimum Gasteiger partial charge on any atom is -0.378 e. The van der Waals surface area contributed by atoms with Crippen molar-refractivity contribution < 1.29 is 25.2 Å². The molecular weight excluding hydrogens is 278 g/mol. The minimum absolute atomic E-state index is 0.0272. The number of anilines is 1. The first-order chi connectivity index (χ1) is 8.63. The van der Waals surface area contributed by atoms with Crippen LogP contribution < -0.4 is 4.90 Å². The fourth-order valence-corrected chi connectivity index (χ4v) is 1.84. The molecule has 1 aliphatic rings. The van der Waals surface area contributed by atoms with E-state index in [2.05, 4.69) is 9.97 Å². The van der Waals surface area contributed by atoms with Gasteiger partial charge in [-0.2, -0.15) is 0 Å². The van der Waals surface area contributed by atoms with Crippen molar-refractivity contribution in [3.05, 3.63) is 17.5 Å². The third-order valence-electron chi connectivity index (χ3n) is 2.39. The van der Waals surface area contributed by atoms with Gasteiger partial charge in [-0.15, -0.1) is 0 Å². The fraction of sp³-hybridized carbons (Fsp3) is 0.375. The van der Waals surface area contributed by atoms with Gasteiger partial charge in [-0.3, -0.25) is 4.90 Å². The molecule has 11 heteroatoms. The van der Waals surface area contributed by atoms with Gasteiger partial charge in [-0.25, -0.2) is 19.7 Å². The third-order valence-corrected chi connectivity index (χ3v) is 2.57. The summed E-state index contributed by atoms with van der Waals surface area (Å²) >= 11 is 5.55. The van der Waals surface area contributed by atoms with E-state index in [4.69, 9.17) is 34.8 Å². The second kappa shape index (κ2) is 4.29. The molecule has 0 aromatic carbocycles. The van der Waals surface area contributed by atoms with Crippen LogP contribution in [0.25, 0.3) is 0 Å². The van der Waals surface area contributed by atoms with E-state index in [9.17, 15) is 9.90 Å². The molecule has 1 saturated heterocycles. The van der Waals surface area contributed by atoms with Gasteiger partial charge in [0.2, 0.25) is 5.28 Å². The number of amides is 2. The van der Waals surface area contributed by atoms with Crippen LogP contribution in [0.1, 0.15) is 0 Å². The van der Waals surface area contributed by atoms with Gasteiger partial charge in [0.05, 0.1) is 6.54 Å². The van der Waals surface area contributed by atoms with Gasteiger partial charge >= 0.3 is 12.1 Å². The molecule has 0 aliphatic carbocycles. The van der Waals surface area contributed by atoms with Gasteiger partial charge in [0.1, 0.15) is 19.3 Å². The Kier molecular flexibility index (Phi) is 3.15. The number of aromatic nitrogens is 2. The van der Waals surface area contributed by atoms with E-state index in [1.54, 1.807) is 0 Å². The van der Waals surface area contributed by atoms with E-state index in [0.717, 1.165) is 4.90 Å². The van der Waals surface area contributed by atoms with Crippen molar-refractivity contribution in [2.75, 3.05) is 11.4 Å². The number of halogens is 1. The van der Waals surface area contributed by atoms with Crippen molar-refractivity contribution in [1.82, 2.24) is 14.9 Å². The van der Waals surface area contributed by atoms with E-state index >= 15 is 0 Å². The first-order valence-electron chi connectivity index (χ1n) is 4.92. The highest BCUT2D eigenvalue weighted by atomic mass is 35.5. The van der Waals surface area contributed by atoms with E-state index < -0.39 is 24.3 Å². The lowest BCUT2D eigenvalue weighted by Crippen LogP contribution is -2.60. The first kappa shape index (κ1) is 14.0. The van der Waals surface area contributed by atoms with Gasteiger partial charge < -0.3 is 20.4 Å². The summed E-state index contributed by atoms with van der Waals surface area (Å²) in [6, 6.07) is 0.115. The van der Waals surface area contributed by atoms with Crippen molar-refractivity contribution in [2.45, 2.75) is 11.7 Å². The quantitative estimate of drug-likeness (QED) is 0.275. The molecule has 1 aromatic rings. The Morgan fingerprint density at radius 2 is 2.11 bits per heavy atom. The Balaban J connectivity index is 2.39. The summed E-state index contributed by atoms with van der Waals surface area (Å²) in [5, 5.41) is 36.7. The van der Waals surface area contributed by atoms with Crippen LogP contribution in [0, 0.1) is 0 Å². The predicted octanol–water partition coefficient (Wildman–Crippen LogP) is -2.23. The van der Waals surface area contributed by atoms with Gasteiger partial charge in [0, 0.05) is 6.20 Å². The standard InChI is InChI=1S/C8H8BClN4O5/c9-7(16)3-13(4-1-2-11-5(10)12-4)6(15)14(7)8(17,18)19/h1-2,16-19H,3H2. The van der Waals surface area contributed by atoms with E-state index in [0.29, 0.717) is 0 Å². The molecule has 2 heterocycles. The van der Waals surface area contributed by atoms with E-state index in [-0.39, 0.29) is 16.0 Å². The average Bonchev–Trinajstić information content (AvgIpc) is 2.47. The fourth-order valence-electron chi connectivity index (χ4n) is 1.70. The van der Waals surface area contributed by atoms with Crippen LogP contribution in [0.4, 0.5) is 10.6 Å². The number of hydrogen-bond donors (Lipinski definition) is 4. The molecule has 4 N–H and O–H groups in total. The smallest absolute Gasteiger partial charge is 0.374 e. The normalized spacial score (nSPS) is 24.2. The van der Waals surface area contributed by atoms with Gasteiger partial charge in [-0.05, 0) is 17.7 Å². The summed E-state index contributed by atoms with van der Waals surface area (Å²) in [5.41, 5.74) is -2.51. The maximum atomic E-state index is 11.9. The number of hydrogen-bond acceptors (Lipinski definition) is 7. The van der Waals surface area contributed by atoms with Crippen molar-refractivity contribution >= 4 is 31.3 Å². The number of nitrogens with zero attached hydrogens (tertiary/aromatic N) is 4. The molecular formula is C8H8BClN4O5. The summed E-state index contributed by atoms with van der Waals surface area (Å²) < 4.78 is 0. The topological polar surface area (TPSA) is 130 Å². The number of carbonyl (C=O) groups excluding carboxylic acids is 1. The predicted molar refractivity (Wildman–Crippen MR) is 61.7 cm³/mol. The summed E-state index contributed by atoms with van der Waals surface area (Å²) in [6.07, 6.45) is -2.37. The molecule has 1 unspecified atom stereocenters. The lowest BCUT2D eigenvalue weighted by molar-refractivity contribution is -0.396. The third kappa shape index (κ3) is 2.48. The Morgan fingerprint density at radius 1 is 1.47 bits per heavy atom. The Labute approximate surface area is 113 Å². The van der Waals surface area contributed by atoms with Crippen molar-refractivity contribution in [3.63, 3.8) is 0 Å². The average molecular weight is 286 g/mol. The molecule has 1 aliphatic heterocycles. The largest absolute Gasteiger partial charge is 0.378 e. The molecule has 2 amide bonds. The molecule has 2 rings (SSSR count). The highest BCUT2D eigenvalue weighted by Crippen LogP contribution is 2.29. The van der Waals surface area contributed by atoms with Crippen molar-refractivity contribution in [3.8, 4) is 0 Å². The van der Waals surface area contributed by atoms with Crippen LogP contribution in [0.15, 0.2) is 12.3 Å². The minimum atomic E-state index is -3.62. The molecule has 0 saturated carbocycles. The van der Waals surface area contributed by atoms with Gasteiger partial charge in [0.15, 0.2) is 0 Å². The molecule has 1 aromatic heterocycles. The molecule has 100 valence electrons. The molecule has 1 atom stereocenters. The summed E-state index contributed by atoms with van der Waals surface area (Å²) in [7, 11) is 5.33. The highest BCUT2D eigenvalue weighted by Gasteiger charge is 2.54. The number of β-amino-alcohol motifs (C(OH)–C–C–N with tert-alkyl or cyclic N) is 1. The van der Waals surface area contributed by atoms with Crippen LogP contribution in [0.5, 0.6) is 0 Å². The maximum absolute atomic E-state index is 11.9. The lowest BCUT2D eigenvalue weighted by atomic mass is 9.90. The molecule has 1 fully saturated rings. The van der Waals surface area contributed by atoms with Crippen LogP contribution in [-0.2, 0) is 0 Å². The lowest BCUT2D eigenvalue weighted by Gasteiger charge is -2.34. The molecule has 0 spiro atoms. The Hall–Kier alpha value is -1.46. The summed E-state index contributed by atoms with van der Waals surface area (Å²) in [5.74, 6) is -0.0272. The SMILES string of the molecule is [B]C1(O)CN(c2ccnc(Cl)n2)C(=O)N1C(O)(O)O. The molecule has 0 bridgehead atoms. The van der Waals surface area contributed by atoms with E-state index in [1.807, 2.05) is 0 Å². The first-order valence-corrected chi connectivity index (χ1v) is 5.29. The number of aliphatic hydroxyl groups is 4. The number of urea groups is 1. The summed E-state index contributed by atoms with van der Waals surface area (Å²) in [4.78, 5) is 19.9. The zero-order chi connectivity index (χ0) is 14.4. The summed E-state index contributed by atoms with van der Waals surface area (Å²) in [6.45, 7) is -0.567. The van der Waals surface area contributed by atoms with Crippen molar-refractivity contribution in [2.24, 2.45) is 0 Å². The monoisotopic (exact) mass is 286 g/mol. The van der Waals surface area contributed by atoms with Gasteiger partial charge in [0.25, 0.3) is 0 Å². The Morgan fingerprint density at radius 3 is 2.58 bits per heavy atom. The van der Waals surface area contributed by atoms with Crippen LogP contribution in [-0.4, -0.2) is 67.4 Å². The van der Waals surface area contributed by atoms with Crippen LogP contribution >= 0.6 is 11.6 Å². The molecule has 19 heavy (non-hydrogen) atoms. The maximum Gasteiger partial charge on any atom is 0.374 e. The van der Waals surface area contributed by atoms with Crippen LogP contribution in [0.2, 0.25) is 5.28 Å². The number of carbonyl (C=O) groups is 1. The van der Waals surface area contributed by atoms with E-state index in [1.165, 1.54) is 12.3 Å². The molecule has 2 radical (unpaired) electrons. The molecule has 9 nitrogen and oxygen atoms in total. The zero-order valence-corrected chi connectivity index (χ0v) is 10.1. The second-order valence-electron chi connectivity index (χ2n) is 3.87. The number of rotatable bonds is 2. The van der Waals surface area contributed by atoms with Crippen LogP contribution in [0.3, 0.4) is 0 Å². The highest BCUT2D eigenvalue weighted by molar-refractivity contribution is 6.28. The van der Waals surface area contributed by atoms with Crippen molar-refractivity contribution in [1.29, 1.82) is 0 Å². The van der Waals surface area contributed by atoms with Gasteiger partial charge in [-0.1, -0.05) is 0 Å². The second-order valence-corrected chi connectivity index (χ2v) is 4.20. The Bertz CT molecular complexity index is 522.